The third kappa shape index (κ3) is 5.76. The maximum atomic E-state index is 12.2. The summed E-state index contributed by atoms with van der Waals surface area (Å²) >= 11 is 0. The van der Waals surface area contributed by atoms with Crippen molar-refractivity contribution in [3.05, 3.63) is 113 Å². The van der Waals surface area contributed by atoms with Crippen molar-refractivity contribution in [1.82, 2.24) is 19.9 Å². The minimum atomic E-state index is -0.260. The molecule has 274 valence electrons. The number of H-pyrrole nitrogens is 2. The Morgan fingerprint density at radius 3 is 1.73 bits per heavy atom. The molecule has 6 N–H and O–H groups in total. The first kappa shape index (κ1) is 34.2. The highest BCUT2D eigenvalue weighted by atomic mass is 16.3. The number of allylic oxidation sites excluding steroid dienone is 1. The van der Waals surface area contributed by atoms with E-state index in [0.29, 0.717) is 83.6 Å². The van der Waals surface area contributed by atoms with E-state index in [1.165, 1.54) is 6.07 Å². The first-order valence-corrected chi connectivity index (χ1v) is 18.5. The van der Waals surface area contributed by atoms with Crippen molar-refractivity contribution in [1.29, 1.82) is 0 Å². The smallest absolute Gasteiger partial charge is 0.134 e. The van der Waals surface area contributed by atoms with Crippen molar-refractivity contribution >= 4 is 71.8 Å². The molecule has 0 fully saturated rings. The van der Waals surface area contributed by atoms with E-state index < -0.39 is 0 Å². The van der Waals surface area contributed by atoms with E-state index in [4.69, 9.17) is 9.97 Å². The van der Waals surface area contributed by atoms with E-state index in [1.54, 1.807) is 12.1 Å². The number of phenolic OH excluding ortho intramolecular Hbond substituents is 3. The molecule has 0 radical (unpaired) electrons. The van der Waals surface area contributed by atoms with Crippen LogP contribution in [0.4, 0.5) is 0 Å². The van der Waals surface area contributed by atoms with E-state index >= 15 is 0 Å². The molecule has 8 aromatic rings. The molecule has 0 spiro atoms. The second-order valence-electron chi connectivity index (χ2n) is 16.8. The summed E-state index contributed by atoms with van der Waals surface area (Å²) in [6, 6.07) is 28.3. The summed E-state index contributed by atoms with van der Waals surface area (Å²) in [5, 5.41) is 48.6. The molecule has 0 atom stereocenters. The maximum absolute atomic E-state index is 12.2. The van der Waals surface area contributed by atoms with E-state index in [1.807, 2.05) is 72.8 Å². The van der Waals surface area contributed by atoms with Gasteiger partial charge in [0.05, 0.1) is 22.1 Å². The van der Waals surface area contributed by atoms with Crippen LogP contribution in [0.15, 0.2) is 96.6 Å². The number of rotatable bonds is 1. The monoisotopic (exact) mass is 726 g/mol. The van der Waals surface area contributed by atoms with Crippen molar-refractivity contribution in [2.45, 2.75) is 53.4 Å². The fourth-order valence-corrected chi connectivity index (χ4v) is 7.77. The van der Waals surface area contributed by atoms with Gasteiger partial charge in [0.2, 0.25) is 0 Å². The Morgan fingerprint density at radius 2 is 1.09 bits per heavy atom. The van der Waals surface area contributed by atoms with Crippen molar-refractivity contribution in [3.63, 3.8) is 0 Å². The highest BCUT2D eigenvalue weighted by Crippen LogP contribution is 2.43. The van der Waals surface area contributed by atoms with Gasteiger partial charge in [-0.15, -0.1) is 0 Å². The average molecular weight is 727 g/mol. The molecule has 0 aliphatic heterocycles. The van der Waals surface area contributed by atoms with Crippen LogP contribution in [0.5, 0.6) is 23.0 Å². The Hall–Kier alpha value is -6.54. The topological polar surface area (TPSA) is 138 Å². The van der Waals surface area contributed by atoms with Crippen LogP contribution in [0.25, 0.3) is 82.9 Å². The maximum Gasteiger partial charge on any atom is 0.134 e. The van der Waals surface area contributed by atoms with Gasteiger partial charge in [0.1, 0.15) is 23.0 Å². The normalized spacial score (nSPS) is 13.2. The molecule has 5 heterocycles. The van der Waals surface area contributed by atoms with Crippen molar-refractivity contribution < 1.29 is 20.4 Å². The standard InChI is InChI=1S/C47H42N4O4/c1-46(2,3)27-19-31-35-13-15-39(48-35)41(26-17-29(52)23-30(53)18-26)40-16-14-36(49-40)32-20-28(47(4,5)6)22-34(45(32)55)38-12-10-25-8-7-24-9-11-37(33(21-27)44(31)54)50-42(24)43(25)51-38/h7-21,23,48-49,52-55H,22H2,1-6H3. The number of aromatic nitrogens is 4. The second-order valence-corrected chi connectivity index (χ2v) is 16.8. The molecule has 3 aromatic carbocycles. The predicted octanol–water partition coefficient (Wildman–Crippen LogP) is 11.5. The summed E-state index contributed by atoms with van der Waals surface area (Å²) in [4.78, 5) is 17.6. The van der Waals surface area contributed by atoms with Gasteiger partial charge in [0.15, 0.2) is 0 Å². The first-order valence-electron chi connectivity index (χ1n) is 18.5. The number of hydrogen-bond acceptors (Lipinski definition) is 6. The van der Waals surface area contributed by atoms with Gasteiger partial charge in [0, 0.05) is 66.4 Å². The van der Waals surface area contributed by atoms with Crippen LogP contribution in [0, 0.1) is 5.41 Å². The lowest BCUT2D eigenvalue weighted by molar-refractivity contribution is 0.451. The van der Waals surface area contributed by atoms with Crippen LogP contribution in [-0.2, 0) is 11.8 Å². The number of phenols is 3. The van der Waals surface area contributed by atoms with E-state index in [9.17, 15) is 20.4 Å². The average Bonchev–Trinajstić information content (AvgIpc) is 3.81. The van der Waals surface area contributed by atoms with Crippen LogP contribution in [-0.4, -0.2) is 40.4 Å². The molecule has 1 aliphatic carbocycles. The summed E-state index contributed by atoms with van der Waals surface area (Å²) in [6.07, 6.45) is 2.58. The molecule has 5 aromatic heterocycles. The molecule has 8 nitrogen and oxygen atoms in total. The second kappa shape index (κ2) is 12.0. The Labute approximate surface area is 317 Å². The van der Waals surface area contributed by atoms with Gasteiger partial charge in [-0.3, -0.25) is 0 Å². The van der Waals surface area contributed by atoms with Gasteiger partial charge < -0.3 is 30.4 Å². The highest BCUT2D eigenvalue weighted by Gasteiger charge is 2.25. The van der Waals surface area contributed by atoms with Crippen LogP contribution in [0.2, 0.25) is 0 Å². The van der Waals surface area contributed by atoms with E-state index in [2.05, 4.69) is 57.6 Å². The number of fused-ring (bicyclic) bond motifs is 14. The van der Waals surface area contributed by atoms with Crippen molar-refractivity contribution in [2.24, 2.45) is 5.41 Å². The number of aromatic amines is 2. The van der Waals surface area contributed by atoms with Crippen LogP contribution in [0.1, 0.15) is 58.2 Å². The third-order valence-electron chi connectivity index (χ3n) is 11.0. The van der Waals surface area contributed by atoms with Gasteiger partial charge in [-0.2, -0.15) is 0 Å². The minimum absolute atomic E-state index is 0.0832. The predicted molar refractivity (Wildman–Crippen MR) is 224 cm³/mol. The number of aromatic hydroxyl groups is 4. The van der Waals surface area contributed by atoms with Crippen molar-refractivity contribution in [2.75, 3.05) is 0 Å². The summed E-state index contributed by atoms with van der Waals surface area (Å²) < 4.78 is 0. The first-order chi connectivity index (χ1) is 26.1. The van der Waals surface area contributed by atoms with E-state index in [-0.39, 0.29) is 33.8 Å². The number of pyridine rings is 2. The van der Waals surface area contributed by atoms with E-state index in [0.717, 1.165) is 21.9 Å². The van der Waals surface area contributed by atoms with Crippen molar-refractivity contribution in [3.8, 4) is 34.1 Å². The summed E-state index contributed by atoms with van der Waals surface area (Å²) in [5.41, 5.74) is 9.67. The number of hydrogen-bond donors (Lipinski definition) is 6. The van der Waals surface area contributed by atoms with Gasteiger partial charge in [-0.25, -0.2) is 9.97 Å². The Morgan fingerprint density at radius 1 is 0.545 bits per heavy atom. The zero-order chi connectivity index (χ0) is 38.6. The zero-order valence-electron chi connectivity index (χ0n) is 31.6. The molecular formula is C47H42N4O4. The lowest BCUT2D eigenvalue weighted by Crippen LogP contribution is -2.14. The van der Waals surface area contributed by atoms with Gasteiger partial charge in [0.25, 0.3) is 0 Å². The largest absolute Gasteiger partial charge is 0.508 e. The molecule has 9 rings (SSSR count). The lowest BCUT2D eigenvalue weighted by atomic mass is 9.79. The molecule has 0 amide bonds. The molecule has 8 heteroatoms. The number of nitrogens with zero attached hydrogens (tertiary/aromatic N) is 2. The van der Waals surface area contributed by atoms with Gasteiger partial charge >= 0.3 is 0 Å². The molecule has 55 heavy (non-hydrogen) atoms. The lowest BCUT2D eigenvalue weighted by Gasteiger charge is -2.27. The van der Waals surface area contributed by atoms with Crippen LogP contribution >= 0.6 is 0 Å². The molecule has 0 saturated carbocycles. The Bertz CT molecular complexity index is 3060. The number of nitrogens with one attached hydrogen (secondary N) is 2. The molecule has 12 bridgehead atoms. The summed E-state index contributed by atoms with van der Waals surface area (Å²) in [7, 11) is 0. The molecule has 0 saturated heterocycles. The summed E-state index contributed by atoms with van der Waals surface area (Å²) in [5.74, 6) is 0.0434. The fraction of sp³-hybridized carbons (Fsp3) is 0.191. The number of benzene rings is 3. The SMILES string of the molecule is CC(C)(C)C1=Cc2c(O)c(c3ccc4ccc5ccc(nc5c4n3)c3cc(C(C)(C)C)cc(c3O)c3ccc([nH]3)c(-c3cc(O)cc(O)c3)c3ccc2[nH]3)C1. The summed E-state index contributed by atoms with van der Waals surface area (Å²) in [6.45, 7) is 12.9. The van der Waals surface area contributed by atoms with Gasteiger partial charge in [-0.1, -0.05) is 71.4 Å². The quantitative estimate of drug-likeness (QED) is 0.0931. The zero-order valence-corrected chi connectivity index (χ0v) is 31.6. The molecule has 1 aliphatic rings. The molecule has 0 unspecified atom stereocenters. The minimum Gasteiger partial charge on any atom is -0.508 e. The highest BCUT2D eigenvalue weighted by molar-refractivity contribution is 6.07. The van der Waals surface area contributed by atoms with Gasteiger partial charge in [-0.05, 0) is 95.1 Å². The van der Waals surface area contributed by atoms with Crippen LogP contribution in [0.3, 0.4) is 0 Å². The third-order valence-corrected chi connectivity index (χ3v) is 11.0. The molecular weight excluding hydrogens is 685 g/mol. The Kier molecular flexibility index (Phi) is 7.46. The van der Waals surface area contributed by atoms with Crippen LogP contribution < -0.4 is 0 Å². The fourth-order valence-electron chi connectivity index (χ4n) is 7.77. The Balaban J connectivity index is 1.54.